The van der Waals surface area contributed by atoms with Crippen LogP contribution in [0.2, 0.25) is 0 Å². The Hall–Kier alpha value is -1.41. The van der Waals surface area contributed by atoms with Gasteiger partial charge in [-0.15, -0.1) is 23.4 Å². The van der Waals surface area contributed by atoms with E-state index in [-0.39, 0.29) is 29.7 Å². The van der Waals surface area contributed by atoms with Gasteiger partial charge < -0.3 is 15.2 Å². The number of halogens is 1. The zero-order chi connectivity index (χ0) is 14.9. The lowest BCUT2D eigenvalue weighted by Crippen LogP contribution is -2.70. The zero-order valence-corrected chi connectivity index (χ0v) is 12.2. The van der Waals surface area contributed by atoms with Crippen LogP contribution in [-0.4, -0.2) is 57.9 Å². The van der Waals surface area contributed by atoms with E-state index < -0.39 is 23.3 Å². The number of β-lactam (4-membered cyclic amide) rings is 1. The van der Waals surface area contributed by atoms with Crippen LogP contribution in [0.1, 0.15) is 6.42 Å². The van der Waals surface area contributed by atoms with Crippen molar-refractivity contribution >= 4 is 41.1 Å². The van der Waals surface area contributed by atoms with Crippen molar-refractivity contribution in [1.82, 2.24) is 10.2 Å². The fourth-order valence-corrected chi connectivity index (χ4v) is 3.56. The molecule has 0 aromatic heterocycles. The van der Waals surface area contributed by atoms with Crippen LogP contribution in [0.5, 0.6) is 0 Å². The third kappa shape index (κ3) is 2.45. The number of methoxy groups -OCH3 is 1. The quantitative estimate of drug-likeness (QED) is 0.545. The second kappa shape index (κ2) is 5.92. The van der Waals surface area contributed by atoms with Crippen LogP contribution in [0.25, 0.3) is 0 Å². The molecule has 7 nitrogen and oxygen atoms in total. The molecule has 0 unspecified atom stereocenters. The highest BCUT2D eigenvalue weighted by atomic mass is 35.5. The fourth-order valence-electron chi connectivity index (χ4n) is 2.08. The summed E-state index contributed by atoms with van der Waals surface area (Å²) in [6.07, 6.45) is 0.119. The number of rotatable bonds is 5. The second-order valence-corrected chi connectivity index (χ2v) is 5.66. The number of carboxylic acid groups (broad SMARTS) is 1. The second-order valence-electron chi connectivity index (χ2n) is 4.18. The Balaban J connectivity index is 2.15. The summed E-state index contributed by atoms with van der Waals surface area (Å²) in [5, 5.41) is 11.3. The third-order valence-electron chi connectivity index (χ3n) is 3.02. The number of aliphatic carboxylic acids is 1. The fraction of sp³-hybridized carbons (Fsp3) is 0.545. The van der Waals surface area contributed by atoms with Gasteiger partial charge in [0.2, 0.25) is 5.91 Å². The van der Waals surface area contributed by atoms with Gasteiger partial charge in [0.1, 0.15) is 17.2 Å². The van der Waals surface area contributed by atoms with Crippen molar-refractivity contribution in [1.29, 1.82) is 0 Å². The molecule has 110 valence electrons. The largest absolute Gasteiger partial charge is 0.498 e. The Morgan fingerprint density at radius 1 is 1.60 bits per heavy atom. The average molecular weight is 321 g/mol. The maximum atomic E-state index is 12.0. The van der Waals surface area contributed by atoms with Crippen LogP contribution in [0.3, 0.4) is 0 Å². The van der Waals surface area contributed by atoms with Gasteiger partial charge in [0.05, 0.1) is 12.9 Å². The van der Waals surface area contributed by atoms with E-state index in [1.165, 1.54) is 18.9 Å². The summed E-state index contributed by atoms with van der Waals surface area (Å²) in [4.78, 5) is 35.9. The van der Waals surface area contributed by atoms with Crippen molar-refractivity contribution in [3.05, 3.63) is 11.5 Å². The third-order valence-corrected chi connectivity index (χ3v) is 4.46. The van der Waals surface area contributed by atoms with Gasteiger partial charge in [-0.3, -0.25) is 14.5 Å². The molecule has 2 atom stereocenters. The molecular formula is C11H13ClN2O5S. The van der Waals surface area contributed by atoms with Gasteiger partial charge >= 0.3 is 5.97 Å². The first kappa shape index (κ1) is 15.0. The lowest BCUT2D eigenvalue weighted by atomic mass is 10.0. The average Bonchev–Trinajstić information content (AvgIpc) is 2.43. The Labute approximate surface area is 124 Å². The Morgan fingerprint density at radius 2 is 2.30 bits per heavy atom. The van der Waals surface area contributed by atoms with E-state index in [4.69, 9.17) is 16.3 Å². The molecule has 2 rings (SSSR count). The number of alkyl halides is 1. The topological polar surface area (TPSA) is 95.9 Å². The van der Waals surface area contributed by atoms with E-state index in [2.05, 4.69) is 5.32 Å². The highest BCUT2D eigenvalue weighted by molar-refractivity contribution is 8.00. The molecule has 0 saturated carbocycles. The maximum absolute atomic E-state index is 12.0. The van der Waals surface area contributed by atoms with E-state index in [1.54, 1.807) is 0 Å². The standard InChI is InChI=1S/C11H13ClN2O5S/c1-19-5-4-20-10-7(13-6(15)2-3-12)9(16)14(10)8(5)11(17)18/h7,10H,2-4H2,1H3,(H,13,15)(H,17,18)/t7-,10-/m1/s1. The van der Waals surface area contributed by atoms with E-state index in [0.717, 1.165) is 4.90 Å². The number of carboxylic acids is 1. The minimum Gasteiger partial charge on any atom is -0.498 e. The van der Waals surface area contributed by atoms with Crippen molar-refractivity contribution in [2.24, 2.45) is 0 Å². The number of hydrogen-bond acceptors (Lipinski definition) is 5. The van der Waals surface area contributed by atoms with Crippen molar-refractivity contribution in [3.63, 3.8) is 0 Å². The highest BCUT2D eigenvalue weighted by Gasteiger charge is 2.54. The van der Waals surface area contributed by atoms with Crippen LogP contribution in [0.15, 0.2) is 11.5 Å². The van der Waals surface area contributed by atoms with Crippen LogP contribution < -0.4 is 5.32 Å². The number of amides is 2. The lowest BCUT2D eigenvalue weighted by molar-refractivity contribution is -0.151. The van der Waals surface area contributed by atoms with Gasteiger partial charge in [-0.25, -0.2) is 4.79 Å². The first-order valence-electron chi connectivity index (χ1n) is 5.81. The van der Waals surface area contributed by atoms with E-state index in [1.807, 2.05) is 0 Å². The normalized spacial score (nSPS) is 24.9. The van der Waals surface area contributed by atoms with Gasteiger partial charge in [0, 0.05) is 12.3 Å². The van der Waals surface area contributed by atoms with Crippen LogP contribution in [-0.2, 0) is 19.1 Å². The lowest BCUT2D eigenvalue weighted by Gasteiger charge is -2.48. The molecule has 0 radical (unpaired) electrons. The molecular weight excluding hydrogens is 308 g/mol. The Morgan fingerprint density at radius 3 is 2.85 bits per heavy atom. The summed E-state index contributed by atoms with van der Waals surface area (Å²) in [6.45, 7) is 0. The monoisotopic (exact) mass is 320 g/mol. The van der Waals surface area contributed by atoms with Gasteiger partial charge in [-0.2, -0.15) is 0 Å². The minimum atomic E-state index is -1.22. The van der Waals surface area contributed by atoms with Gasteiger partial charge in [0.25, 0.3) is 5.91 Å². The van der Waals surface area contributed by atoms with Gasteiger partial charge in [0.15, 0.2) is 5.70 Å². The molecule has 2 heterocycles. The van der Waals surface area contributed by atoms with Crippen molar-refractivity contribution in [2.45, 2.75) is 17.8 Å². The SMILES string of the molecule is COC1=C(C(=O)O)N2C(=O)[C@@H](NC(=O)CCCl)[C@H]2SC1. The van der Waals surface area contributed by atoms with Gasteiger partial charge in [-0.1, -0.05) is 0 Å². The summed E-state index contributed by atoms with van der Waals surface area (Å²) >= 11 is 6.80. The molecule has 0 aliphatic carbocycles. The maximum Gasteiger partial charge on any atom is 0.356 e. The number of ether oxygens (including phenoxy) is 1. The molecule has 9 heteroatoms. The van der Waals surface area contributed by atoms with Crippen LogP contribution >= 0.6 is 23.4 Å². The summed E-state index contributed by atoms with van der Waals surface area (Å²) in [7, 11) is 1.36. The summed E-state index contributed by atoms with van der Waals surface area (Å²) < 4.78 is 5.00. The predicted molar refractivity (Wildman–Crippen MR) is 72.0 cm³/mol. The van der Waals surface area contributed by atoms with Crippen LogP contribution in [0, 0.1) is 0 Å². The molecule has 0 aromatic rings. The molecule has 2 amide bonds. The van der Waals surface area contributed by atoms with Crippen molar-refractivity contribution in [2.75, 3.05) is 18.7 Å². The molecule has 2 aliphatic rings. The number of fused-ring (bicyclic) bond motifs is 1. The molecule has 0 spiro atoms. The highest BCUT2D eigenvalue weighted by Crippen LogP contribution is 2.40. The first-order chi connectivity index (χ1) is 9.51. The number of thioether (sulfide) groups is 1. The van der Waals surface area contributed by atoms with E-state index in [9.17, 15) is 19.5 Å². The minimum absolute atomic E-state index is 0.119. The smallest absolute Gasteiger partial charge is 0.356 e. The first-order valence-corrected chi connectivity index (χ1v) is 7.40. The number of carbonyl (C=O) groups is 3. The molecule has 20 heavy (non-hydrogen) atoms. The van der Waals surface area contributed by atoms with E-state index >= 15 is 0 Å². The summed E-state index contributed by atoms with van der Waals surface area (Å²) in [6, 6.07) is -0.705. The number of nitrogens with one attached hydrogen (secondary N) is 1. The van der Waals surface area contributed by atoms with Gasteiger partial charge in [-0.05, 0) is 0 Å². The summed E-state index contributed by atoms with van der Waals surface area (Å²) in [5.41, 5.74) is -0.149. The van der Waals surface area contributed by atoms with Crippen molar-refractivity contribution in [3.8, 4) is 0 Å². The van der Waals surface area contributed by atoms with Crippen molar-refractivity contribution < 1.29 is 24.2 Å². The molecule has 2 N–H and O–H groups in total. The molecule has 0 bridgehead atoms. The summed E-state index contributed by atoms with van der Waals surface area (Å²) in [5.74, 6) is -1.23. The zero-order valence-electron chi connectivity index (χ0n) is 10.6. The van der Waals surface area contributed by atoms with Crippen LogP contribution in [0.4, 0.5) is 0 Å². The van der Waals surface area contributed by atoms with E-state index in [0.29, 0.717) is 5.75 Å². The number of carbonyl (C=O) groups excluding carboxylic acids is 2. The molecule has 0 aromatic carbocycles. The molecule has 1 fully saturated rings. The molecule has 1 saturated heterocycles. The molecule has 2 aliphatic heterocycles. The Bertz CT molecular complexity index is 495. The number of hydrogen-bond donors (Lipinski definition) is 2. The Kier molecular flexibility index (Phi) is 4.44. The number of nitrogens with zero attached hydrogens (tertiary/aromatic N) is 1. The predicted octanol–water partition coefficient (Wildman–Crippen LogP) is -0.0422.